The van der Waals surface area contributed by atoms with E-state index in [2.05, 4.69) is 113 Å². The van der Waals surface area contributed by atoms with Gasteiger partial charge in [-0.1, -0.05) is 55.7 Å². The van der Waals surface area contributed by atoms with E-state index in [1.54, 1.807) is 0 Å². The highest BCUT2D eigenvalue weighted by atomic mass is 16.7. The Morgan fingerprint density at radius 3 is 2.25 bits per heavy atom. The van der Waals surface area contributed by atoms with Gasteiger partial charge in [0.1, 0.15) is 6.54 Å². The van der Waals surface area contributed by atoms with Crippen molar-refractivity contribution in [2.24, 2.45) is 0 Å². The molecule has 0 aromatic heterocycles. The average Bonchev–Trinajstić information content (AvgIpc) is 3.48. The molecule has 232 valence electrons. The van der Waals surface area contributed by atoms with Gasteiger partial charge in [0.15, 0.2) is 5.71 Å². The zero-order valence-electron chi connectivity index (χ0n) is 27.3. The summed E-state index contributed by atoms with van der Waals surface area (Å²) in [4.78, 5) is 43.2. The molecular weight excluding hydrogens is 550 g/mol. The van der Waals surface area contributed by atoms with Gasteiger partial charge in [0.25, 0.3) is 11.8 Å². The number of carbonyl (C=O) groups excluding carboxylic acids is 3. The number of anilines is 1. The monoisotopic (exact) mass is 596 g/mol. The van der Waals surface area contributed by atoms with Crippen molar-refractivity contribution in [3.63, 3.8) is 0 Å². The van der Waals surface area contributed by atoms with Crippen LogP contribution in [0.4, 0.5) is 11.4 Å². The number of rotatable bonds is 10. The Labute approximate surface area is 261 Å². The second kappa shape index (κ2) is 12.2. The minimum absolute atomic E-state index is 0.0895. The van der Waals surface area contributed by atoms with Gasteiger partial charge in [0.05, 0.1) is 5.41 Å². The first-order chi connectivity index (χ1) is 20.9. The standard InChI is InChI=1S/C37H46N3O4/c1-8-38-29-18-16-25(2)23-27(29)36(4,5)31(38)13-12-14-32-37(6,7)28-24-26(3)17-19-30(28)39(32)22-11-9-10-15-35(43)44-40-33(41)20-21-34(40)42/h12-14,16-19,23-24H,8-11,15,20-22H2,1-7H3/q+1. The summed E-state index contributed by atoms with van der Waals surface area (Å²) in [5.41, 5.74) is 10.1. The van der Waals surface area contributed by atoms with E-state index in [0.29, 0.717) is 11.5 Å². The molecule has 44 heavy (non-hydrogen) atoms. The van der Waals surface area contributed by atoms with Gasteiger partial charge in [-0.2, -0.15) is 4.58 Å². The number of hydrogen-bond donors (Lipinski definition) is 0. The summed E-state index contributed by atoms with van der Waals surface area (Å²) in [6, 6.07) is 13.5. The van der Waals surface area contributed by atoms with Gasteiger partial charge in [-0.25, -0.2) is 4.79 Å². The van der Waals surface area contributed by atoms with Crippen molar-refractivity contribution in [2.75, 3.05) is 18.0 Å². The minimum atomic E-state index is -0.534. The molecule has 0 unspecified atom stereocenters. The smallest absolute Gasteiger partial charge is 0.333 e. The Morgan fingerprint density at radius 2 is 1.57 bits per heavy atom. The molecule has 1 fully saturated rings. The molecule has 2 amide bonds. The fourth-order valence-electron chi connectivity index (χ4n) is 6.91. The number of allylic oxidation sites excluding steroid dienone is 4. The third-order valence-electron chi connectivity index (χ3n) is 9.38. The van der Waals surface area contributed by atoms with Crippen LogP contribution in [0.3, 0.4) is 0 Å². The van der Waals surface area contributed by atoms with Crippen molar-refractivity contribution in [1.82, 2.24) is 5.06 Å². The molecule has 7 nitrogen and oxygen atoms in total. The van der Waals surface area contributed by atoms with E-state index in [-0.39, 0.29) is 30.1 Å². The maximum Gasteiger partial charge on any atom is 0.333 e. The lowest BCUT2D eigenvalue weighted by Gasteiger charge is -2.27. The van der Waals surface area contributed by atoms with E-state index in [0.717, 1.165) is 25.9 Å². The lowest BCUT2D eigenvalue weighted by Crippen LogP contribution is -2.32. The number of carbonyl (C=O) groups is 3. The second-order valence-corrected chi connectivity index (χ2v) is 13.3. The van der Waals surface area contributed by atoms with Crippen LogP contribution < -0.4 is 4.90 Å². The first kappa shape index (κ1) is 31.4. The minimum Gasteiger partial charge on any atom is -0.344 e. The number of hydrogen-bond acceptors (Lipinski definition) is 5. The predicted molar refractivity (Wildman–Crippen MR) is 174 cm³/mol. The molecule has 2 aromatic carbocycles. The number of imide groups is 1. The number of amides is 2. The molecule has 7 heteroatoms. The van der Waals surface area contributed by atoms with Crippen LogP contribution in [0.25, 0.3) is 0 Å². The largest absolute Gasteiger partial charge is 0.344 e. The Balaban J connectivity index is 1.31. The van der Waals surface area contributed by atoms with Gasteiger partial charge in [0, 0.05) is 60.3 Å². The van der Waals surface area contributed by atoms with Crippen LogP contribution in [0.2, 0.25) is 0 Å². The molecular formula is C37H46N3O4+. The van der Waals surface area contributed by atoms with E-state index >= 15 is 0 Å². The van der Waals surface area contributed by atoms with Crippen LogP contribution in [0, 0.1) is 13.8 Å². The highest BCUT2D eigenvalue weighted by molar-refractivity contribution is 6.03. The fraction of sp³-hybridized carbons (Fsp3) is 0.459. The van der Waals surface area contributed by atoms with Crippen molar-refractivity contribution in [3.05, 3.63) is 82.6 Å². The lowest BCUT2D eigenvalue weighted by molar-refractivity contribution is -0.433. The van der Waals surface area contributed by atoms with Gasteiger partial charge < -0.3 is 9.74 Å². The van der Waals surface area contributed by atoms with Crippen molar-refractivity contribution >= 4 is 34.9 Å². The van der Waals surface area contributed by atoms with Crippen molar-refractivity contribution < 1.29 is 23.8 Å². The molecule has 3 aliphatic heterocycles. The number of nitrogens with zero attached hydrogens (tertiary/aromatic N) is 3. The number of hydroxylamine groups is 2. The second-order valence-electron chi connectivity index (χ2n) is 13.3. The Morgan fingerprint density at radius 1 is 0.909 bits per heavy atom. The van der Waals surface area contributed by atoms with E-state index in [1.165, 1.54) is 45.0 Å². The Bertz CT molecular complexity index is 1580. The van der Waals surface area contributed by atoms with Crippen molar-refractivity contribution in [3.8, 4) is 0 Å². The molecule has 3 heterocycles. The molecule has 0 aliphatic carbocycles. The number of benzene rings is 2. The Hall–Kier alpha value is -4.00. The molecule has 0 radical (unpaired) electrons. The molecule has 0 N–H and O–H groups in total. The van der Waals surface area contributed by atoms with Gasteiger partial charge in [-0.15, -0.1) is 5.06 Å². The summed E-state index contributed by atoms with van der Waals surface area (Å²) < 4.78 is 2.43. The van der Waals surface area contributed by atoms with Crippen LogP contribution in [-0.2, 0) is 30.1 Å². The van der Waals surface area contributed by atoms with Crippen LogP contribution in [-0.4, -0.2) is 46.2 Å². The summed E-state index contributed by atoms with van der Waals surface area (Å²) >= 11 is 0. The average molecular weight is 597 g/mol. The molecule has 0 spiro atoms. The summed E-state index contributed by atoms with van der Waals surface area (Å²) in [6.45, 7) is 17.5. The number of fused-ring (bicyclic) bond motifs is 2. The Kier molecular flexibility index (Phi) is 8.70. The zero-order chi connectivity index (χ0) is 31.8. The first-order valence-electron chi connectivity index (χ1n) is 16.0. The molecule has 3 aliphatic rings. The third kappa shape index (κ3) is 5.76. The third-order valence-corrected chi connectivity index (χ3v) is 9.38. The lowest BCUT2D eigenvalue weighted by atomic mass is 9.80. The van der Waals surface area contributed by atoms with Crippen LogP contribution in [0.5, 0.6) is 0 Å². The maximum atomic E-state index is 12.2. The highest BCUT2D eigenvalue weighted by Crippen LogP contribution is 2.48. The first-order valence-corrected chi connectivity index (χ1v) is 16.0. The van der Waals surface area contributed by atoms with E-state index in [1.807, 2.05) is 0 Å². The molecule has 2 aromatic rings. The molecule has 0 saturated carbocycles. The number of aryl methyl sites for hydroxylation is 2. The van der Waals surface area contributed by atoms with E-state index in [4.69, 9.17) is 4.84 Å². The molecule has 0 atom stereocenters. The SMILES string of the molecule is CC[N+]1=C(/C=C/C=C2/N(CCCCCC(=O)ON3C(=O)CCC3=O)c3ccc(C)cc3C2(C)C)C(C)(C)c2cc(C)ccc21. The van der Waals surface area contributed by atoms with Crippen LogP contribution in [0.1, 0.15) is 95.4 Å². The van der Waals surface area contributed by atoms with Gasteiger partial charge >= 0.3 is 5.97 Å². The highest BCUT2D eigenvalue weighted by Gasteiger charge is 2.44. The van der Waals surface area contributed by atoms with Gasteiger partial charge in [0.2, 0.25) is 5.69 Å². The van der Waals surface area contributed by atoms with Crippen molar-refractivity contribution in [1.29, 1.82) is 0 Å². The maximum absolute atomic E-state index is 12.2. The van der Waals surface area contributed by atoms with Gasteiger partial charge in [-0.05, 0) is 71.2 Å². The van der Waals surface area contributed by atoms with Crippen LogP contribution in [0.15, 0.2) is 60.3 Å². The van der Waals surface area contributed by atoms with Crippen molar-refractivity contribution in [2.45, 2.75) is 97.8 Å². The molecule has 5 rings (SSSR count). The predicted octanol–water partition coefficient (Wildman–Crippen LogP) is 7.11. The fourth-order valence-corrected chi connectivity index (χ4v) is 6.91. The van der Waals surface area contributed by atoms with Gasteiger partial charge in [-0.3, -0.25) is 9.59 Å². The summed E-state index contributed by atoms with van der Waals surface area (Å²) in [7, 11) is 0. The molecule has 0 bridgehead atoms. The molecule has 1 saturated heterocycles. The topological polar surface area (TPSA) is 69.9 Å². The summed E-state index contributed by atoms with van der Waals surface area (Å²) in [6.07, 6.45) is 9.52. The zero-order valence-corrected chi connectivity index (χ0v) is 27.3. The van der Waals surface area contributed by atoms with Crippen LogP contribution >= 0.6 is 0 Å². The number of unbranched alkanes of at least 4 members (excludes halogenated alkanes) is 2. The van der Waals surface area contributed by atoms with E-state index < -0.39 is 17.8 Å². The normalized spacial score (nSPS) is 19.5. The summed E-state index contributed by atoms with van der Waals surface area (Å²) in [5.74, 6) is -1.42. The summed E-state index contributed by atoms with van der Waals surface area (Å²) in [5, 5.41) is 0.628. The van der Waals surface area contributed by atoms with E-state index in [9.17, 15) is 14.4 Å². The quantitative estimate of drug-likeness (QED) is 0.166.